The first-order valence-corrected chi connectivity index (χ1v) is 4.38. The number of carbonyl (C=O) groups excluding carboxylic acids is 1. The van der Waals surface area contributed by atoms with Crippen LogP contribution in [0.4, 0.5) is 0 Å². The van der Waals surface area contributed by atoms with E-state index in [1.54, 1.807) is 0 Å². The van der Waals surface area contributed by atoms with Crippen molar-refractivity contribution >= 4 is 5.97 Å². The number of aromatic hydroxyl groups is 2. The van der Waals surface area contributed by atoms with Crippen LogP contribution in [0.15, 0.2) is 12.1 Å². The monoisotopic (exact) mass is 210 g/mol. The highest BCUT2D eigenvalue weighted by atomic mass is 16.7. The molecule has 0 fully saturated rings. The number of rotatable bonds is 0. The Balaban J connectivity index is 2.61. The maximum absolute atomic E-state index is 11.5. The van der Waals surface area contributed by atoms with Crippen molar-refractivity contribution in [2.75, 3.05) is 0 Å². The van der Waals surface area contributed by atoms with Gasteiger partial charge in [0.25, 0.3) is 0 Å². The summed E-state index contributed by atoms with van der Waals surface area (Å²) in [4.78, 5) is 11.5. The predicted molar refractivity (Wildman–Crippen MR) is 49.9 cm³/mol. The third kappa shape index (κ3) is 1.45. The first-order chi connectivity index (χ1) is 6.91. The SMILES string of the molecule is CC1(C)OC(=O)c2ccc(O)c(O)c2O1. The molecule has 15 heavy (non-hydrogen) atoms. The summed E-state index contributed by atoms with van der Waals surface area (Å²) in [6.45, 7) is 3.08. The van der Waals surface area contributed by atoms with Crippen LogP contribution in [0.1, 0.15) is 24.2 Å². The number of ether oxygens (including phenoxy) is 2. The van der Waals surface area contributed by atoms with E-state index < -0.39 is 17.5 Å². The van der Waals surface area contributed by atoms with Crippen LogP contribution >= 0.6 is 0 Å². The van der Waals surface area contributed by atoms with Crippen molar-refractivity contribution in [3.05, 3.63) is 17.7 Å². The van der Waals surface area contributed by atoms with Gasteiger partial charge in [-0.1, -0.05) is 0 Å². The van der Waals surface area contributed by atoms with Crippen LogP contribution in [0.2, 0.25) is 0 Å². The minimum absolute atomic E-state index is 0.0451. The van der Waals surface area contributed by atoms with Gasteiger partial charge in [-0.25, -0.2) is 4.79 Å². The number of fused-ring (bicyclic) bond motifs is 1. The zero-order valence-electron chi connectivity index (χ0n) is 8.27. The number of benzene rings is 1. The van der Waals surface area contributed by atoms with Crippen LogP contribution < -0.4 is 4.74 Å². The lowest BCUT2D eigenvalue weighted by Crippen LogP contribution is -2.38. The van der Waals surface area contributed by atoms with Gasteiger partial charge in [-0.15, -0.1) is 0 Å². The topological polar surface area (TPSA) is 76.0 Å². The Morgan fingerprint density at radius 2 is 1.87 bits per heavy atom. The molecule has 0 saturated heterocycles. The zero-order chi connectivity index (χ0) is 11.2. The molecule has 1 aliphatic heterocycles. The number of hydrogen-bond donors (Lipinski definition) is 2. The van der Waals surface area contributed by atoms with Crippen LogP contribution in [-0.4, -0.2) is 22.0 Å². The molecule has 0 unspecified atom stereocenters. The van der Waals surface area contributed by atoms with Gasteiger partial charge in [-0.2, -0.15) is 0 Å². The zero-order valence-corrected chi connectivity index (χ0v) is 8.27. The van der Waals surface area contributed by atoms with Crippen molar-refractivity contribution in [3.8, 4) is 17.2 Å². The molecule has 2 N–H and O–H groups in total. The van der Waals surface area contributed by atoms with Crippen LogP contribution in [0.5, 0.6) is 17.2 Å². The Bertz CT molecular complexity index is 436. The summed E-state index contributed by atoms with van der Waals surface area (Å²) in [5.41, 5.74) is 0.102. The number of phenols is 2. The maximum Gasteiger partial charge on any atom is 0.345 e. The number of hydrogen-bond acceptors (Lipinski definition) is 5. The quantitative estimate of drug-likeness (QED) is 0.499. The average molecular weight is 210 g/mol. The molecule has 0 atom stereocenters. The summed E-state index contributed by atoms with van der Waals surface area (Å²) in [5.74, 6) is -2.56. The molecule has 0 aromatic heterocycles. The molecule has 5 heteroatoms. The molecule has 0 bridgehead atoms. The van der Waals surface area contributed by atoms with Crippen LogP contribution in [0.3, 0.4) is 0 Å². The average Bonchev–Trinajstić information content (AvgIpc) is 2.10. The summed E-state index contributed by atoms with van der Waals surface area (Å²) >= 11 is 0. The van der Waals surface area contributed by atoms with Gasteiger partial charge < -0.3 is 19.7 Å². The molecule has 2 rings (SSSR count). The Morgan fingerprint density at radius 1 is 1.20 bits per heavy atom. The fourth-order valence-electron chi connectivity index (χ4n) is 1.37. The van der Waals surface area contributed by atoms with Gasteiger partial charge in [-0.3, -0.25) is 0 Å². The highest BCUT2D eigenvalue weighted by Crippen LogP contribution is 2.43. The van der Waals surface area contributed by atoms with Crippen LogP contribution in [-0.2, 0) is 4.74 Å². The first-order valence-electron chi connectivity index (χ1n) is 4.38. The van der Waals surface area contributed by atoms with Gasteiger partial charge in [0.05, 0.1) is 0 Å². The highest BCUT2D eigenvalue weighted by Gasteiger charge is 2.36. The van der Waals surface area contributed by atoms with Crippen LogP contribution in [0.25, 0.3) is 0 Å². The number of phenolic OH excluding ortho intramolecular Hbond substituents is 2. The molecule has 0 spiro atoms. The van der Waals surface area contributed by atoms with Gasteiger partial charge in [-0.05, 0) is 12.1 Å². The van der Waals surface area contributed by atoms with E-state index in [4.69, 9.17) is 9.47 Å². The standard InChI is InChI=1S/C10H10O5/c1-10(2)14-8-5(9(13)15-10)3-4-6(11)7(8)12/h3-4,11-12H,1-2H3. The van der Waals surface area contributed by atoms with E-state index in [0.29, 0.717) is 0 Å². The molecule has 5 nitrogen and oxygen atoms in total. The van der Waals surface area contributed by atoms with E-state index >= 15 is 0 Å². The Hall–Kier alpha value is -1.91. The lowest BCUT2D eigenvalue weighted by molar-refractivity contribution is -0.128. The molecule has 0 aliphatic carbocycles. The minimum Gasteiger partial charge on any atom is -0.504 e. The smallest absolute Gasteiger partial charge is 0.345 e. The van der Waals surface area contributed by atoms with E-state index in [2.05, 4.69) is 0 Å². The maximum atomic E-state index is 11.5. The molecule has 1 heterocycles. The Kier molecular flexibility index (Phi) is 1.79. The van der Waals surface area contributed by atoms with Gasteiger partial charge >= 0.3 is 5.97 Å². The van der Waals surface area contributed by atoms with Gasteiger partial charge in [0.15, 0.2) is 11.5 Å². The number of esters is 1. The van der Waals surface area contributed by atoms with Gasteiger partial charge in [0.1, 0.15) is 5.56 Å². The molecule has 80 valence electrons. The molecule has 1 aromatic rings. The van der Waals surface area contributed by atoms with Crippen molar-refractivity contribution in [1.29, 1.82) is 0 Å². The number of cyclic esters (lactones) is 1. The van der Waals surface area contributed by atoms with Gasteiger partial charge in [0.2, 0.25) is 11.5 Å². The number of carbonyl (C=O) groups is 1. The second-order valence-corrected chi connectivity index (χ2v) is 3.70. The molecule has 1 aromatic carbocycles. The van der Waals surface area contributed by atoms with Crippen LogP contribution in [0, 0.1) is 0 Å². The summed E-state index contributed by atoms with van der Waals surface area (Å²) in [6, 6.07) is 2.54. The summed E-state index contributed by atoms with van der Waals surface area (Å²) < 4.78 is 10.2. The third-order valence-electron chi connectivity index (χ3n) is 2.02. The highest BCUT2D eigenvalue weighted by molar-refractivity contribution is 5.95. The summed E-state index contributed by atoms with van der Waals surface area (Å²) in [6.07, 6.45) is 0. The van der Waals surface area contributed by atoms with Crippen molar-refractivity contribution in [2.45, 2.75) is 19.6 Å². The third-order valence-corrected chi connectivity index (χ3v) is 2.02. The van der Waals surface area contributed by atoms with Crippen molar-refractivity contribution in [2.24, 2.45) is 0 Å². The molecule has 0 amide bonds. The van der Waals surface area contributed by atoms with E-state index in [-0.39, 0.29) is 17.1 Å². The Morgan fingerprint density at radius 3 is 2.53 bits per heavy atom. The summed E-state index contributed by atoms with van der Waals surface area (Å²) in [5, 5.41) is 18.8. The largest absolute Gasteiger partial charge is 0.504 e. The first kappa shape index (κ1) is 9.64. The van der Waals surface area contributed by atoms with Gasteiger partial charge in [0, 0.05) is 13.8 Å². The molecule has 0 saturated carbocycles. The van der Waals surface area contributed by atoms with E-state index in [1.807, 2.05) is 0 Å². The summed E-state index contributed by atoms with van der Waals surface area (Å²) in [7, 11) is 0. The normalized spacial score (nSPS) is 17.6. The fourth-order valence-corrected chi connectivity index (χ4v) is 1.37. The molecular weight excluding hydrogens is 200 g/mol. The fraction of sp³-hybridized carbons (Fsp3) is 0.300. The lowest BCUT2D eigenvalue weighted by Gasteiger charge is -2.31. The van der Waals surface area contributed by atoms with E-state index in [1.165, 1.54) is 26.0 Å². The second kappa shape index (κ2) is 2.79. The van der Waals surface area contributed by atoms with E-state index in [0.717, 1.165) is 0 Å². The predicted octanol–water partition coefficient (Wildman–Crippen LogP) is 1.38. The molecule has 1 aliphatic rings. The van der Waals surface area contributed by atoms with E-state index in [9.17, 15) is 15.0 Å². The second-order valence-electron chi connectivity index (χ2n) is 3.70. The van der Waals surface area contributed by atoms with Crippen molar-refractivity contribution in [3.63, 3.8) is 0 Å². The molecular formula is C10H10O5. The minimum atomic E-state index is -1.14. The van der Waals surface area contributed by atoms with Crippen molar-refractivity contribution < 1.29 is 24.5 Å². The van der Waals surface area contributed by atoms with Crippen molar-refractivity contribution in [1.82, 2.24) is 0 Å². The Labute approximate surface area is 85.9 Å². The molecule has 0 radical (unpaired) electrons. The lowest BCUT2D eigenvalue weighted by atomic mass is 10.1.